The number of anilines is 1. The zero-order valence-corrected chi connectivity index (χ0v) is 17.8. The van der Waals surface area contributed by atoms with Crippen LogP contribution in [0.2, 0.25) is 0 Å². The average Bonchev–Trinajstić information content (AvgIpc) is 3.38. The maximum atomic E-state index is 12.1. The lowest BCUT2D eigenvalue weighted by atomic mass is 10.2. The Morgan fingerprint density at radius 1 is 1.04 bits per heavy atom. The van der Waals surface area contributed by atoms with E-state index in [9.17, 15) is 4.79 Å². The first kappa shape index (κ1) is 21.5. The van der Waals surface area contributed by atoms with Crippen molar-refractivity contribution in [1.82, 2.24) is 10.6 Å². The second-order valence-electron chi connectivity index (χ2n) is 5.81. The molecule has 0 aliphatic carbocycles. The van der Waals surface area contributed by atoms with Crippen molar-refractivity contribution in [2.45, 2.75) is 13.0 Å². The van der Waals surface area contributed by atoms with Crippen molar-refractivity contribution in [2.24, 2.45) is 4.99 Å². The fourth-order valence-electron chi connectivity index (χ4n) is 2.52. The van der Waals surface area contributed by atoms with Crippen molar-refractivity contribution in [3.8, 4) is 0 Å². The third-order valence-corrected chi connectivity index (χ3v) is 3.86. The number of nitrogens with one attached hydrogen (secondary N) is 3. The fourth-order valence-corrected chi connectivity index (χ4v) is 2.52. The largest absolute Gasteiger partial charge is 0.469 e. The molecular formula is C20H23IN4O3. The van der Waals surface area contributed by atoms with Gasteiger partial charge in [0.2, 0.25) is 0 Å². The molecule has 3 N–H and O–H groups in total. The highest BCUT2D eigenvalue weighted by Gasteiger charge is 2.09. The molecule has 2 aromatic heterocycles. The number of benzene rings is 1. The monoisotopic (exact) mass is 494 g/mol. The average molecular weight is 494 g/mol. The molecule has 0 aliphatic heterocycles. The summed E-state index contributed by atoms with van der Waals surface area (Å²) in [6, 6.07) is 14.7. The molecule has 3 aromatic rings. The Bertz CT molecular complexity index is 877. The lowest BCUT2D eigenvalue weighted by molar-refractivity contribution is 0.0996. The summed E-state index contributed by atoms with van der Waals surface area (Å²) >= 11 is 0. The molecule has 1 aromatic carbocycles. The van der Waals surface area contributed by atoms with Crippen LogP contribution in [-0.4, -0.2) is 25.5 Å². The van der Waals surface area contributed by atoms with E-state index in [-0.39, 0.29) is 35.6 Å². The summed E-state index contributed by atoms with van der Waals surface area (Å²) in [5.41, 5.74) is 1.72. The second-order valence-corrected chi connectivity index (χ2v) is 5.81. The van der Waals surface area contributed by atoms with Gasteiger partial charge in [0, 0.05) is 32.2 Å². The van der Waals surface area contributed by atoms with Crippen LogP contribution in [-0.2, 0) is 13.0 Å². The lowest BCUT2D eigenvalue weighted by Gasteiger charge is -2.12. The molecule has 28 heavy (non-hydrogen) atoms. The Balaban J connectivity index is 0.00000280. The summed E-state index contributed by atoms with van der Waals surface area (Å²) in [6.45, 7) is 1.29. The molecule has 0 spiro atoms. The van der Waals surface area contributed by atoms with Crippen LogP contribution in [0.4, 0.5) is 5.69 Å². The highest BCUT2D eigenvalue weighted by molar-refractivity contribution is 14.0. The summed E-state index contributed by atoms with van der Waals surface area (Å²) in [5.74, 6) is 1.63. The molecule has 7 nitrogen and oxygen atoms in total. The molecule has 0 bridgehead atoms. The minimum atomic E-state index is -0.277. The third kappa shape index (κ3) is 6.45. The minimum absolute atomic E-state index is 0. The molecule has 0 aliphatic rings. The van der Waals surface area contributed by atoms with E-state index in [1.807, 2.05) is 36.4 Å². The quantitative estimate of drug-likeness (QED) is 0.265. The van der Waals surface area contributed by atoms with Crippen molar-refractivity contribution in [2.75, 3.05) is 18.9 Å². The highest BCUT2D eigenvalue weighted by atomic mass is 127. The minimum Gasteiger partial charge on any atom is -0.469 e. The van der Waals surface area contributed by atoms with Gasteiger partial charge in [-0.1, -0.05) is 12.1 Å². The molecule has 0 unspecified atom stereocenters. The van der Waals surface area contributed by atoms with Gasteiger partial charge in [0.05, 0.1) is 12.5 Å². The van der Waals surface area contributed by atoms with Crippen molar-refractivity contribution in [1.29, 1.82) is 0 Å². The van der Waals surface area contributed by atoms with Gasteiger partial charge in [0.25, 0.3) is 5.91 Å². The van der Waals surface area contributed by atoms with Gasteiger partial charge in [-0.3, -0.25) is 9.79 Å². The predicted molar refractivity (Wildman–Crippen MR) is 119 cm³/mol. The van der Waals surface area contributed by atoms with Crippen LogP contribution in [0.1, 0.15) is 21.9 Å². The third-order valence-electron chi connectivity index (χ3n) is 3.86. The molecule has 0 radical (unpaired) electrons. The molecule has 0 saturated carbocycles. The number of guanidine groups is 1. The van der Waals surface area contributed by atoms with E-state index in [2.05, 4.69) is 20.9 Å². The molecule has 8 heteroatoms. The summed E-state index contributed by atoms with van der Waals surface area (Å²) in [6.07, 6.45) is 3.92. The maximum absolute atomic E-state index is 12.1. The molecule has 0 saturated heterocycles. The Labute approximate surface area is 180 Å². The van der Waals surface area contributed by atoms with Crippen molar-refractivity contribution in [3.05, 3.63) is 78.1 Å². The smallest absolute Gasteiger partial charge is 0.291 e. The van der Waals surface area contributed by atoms with Crippen LogP contribution in [0.15, 0.2) is 74.9 Å². The van der Waals surface area contributed by atoms with E-state index in [4.69, 9.17) is 8.83 Å². The van der Waals surface area contributed by atoms with Gasteiger partial charge in [-0.05, 0) is 42.0 Å². The summed E-state index contributed by atoms with van der Waals surface area (Å²) < 4.78 is 10.4. The SMILES string of the molecule is CN=C(NCCc1ccco1)NCc1cccc(NC(=O)c2ccco2)c1.I. The van der Waals surface area contributed by atoms with E-state index >= 15 is 0 Å². The molecule has 3 rings (SSSR count). The normalized spacial score (nSPS) is 10.8. The molecule has 0 fully saturated rings. The number of carbonyl (C=O) groups excluding carboxylic acids is 1. The number of amides is 1. The van der Waals surface area contributed by atoms with E-state index in [0.717, 1.165) is 17.7 Å². The van der Waals surface area contributed by atoms with Crippen molar-refractivity contribution >= 4 is 41.5 Å². The highest BCUT2D eigenvalue weighted by Crippen LogP contribution is 2.12. The van der Waals surface area contributed by atoms with Gasteiger partial charge >= 0.3 is 0 Å². The zero-order valence-electron chi connectivity index (χ0n) is 15.5. The van der Waals surface area contributed by atoms with Gasteiger partial charge in [0.15, 0.2) is 11.7 Å². The number of hydrogen-bond acceptors (Lipinski definition) is 4. The van der Waals surface area contributed by atoms with Crippen LogP contribution in [0.5, 0.6) is 0 Å². The number of carbonyl (C=O) groups is 1. The number of nitrogens with zero attached hydrogens (tertiary/aromatic N) is 1. The van der Waals surface area contributed by atoms with Gasteiger partial charge in [-0.25, -0.2) is 0 Å². The molecular weight excluding hydrogens is 471 g/mol. The predicted octanol–water partition coefficient (Wildman–Crippen LogP) is 3.65. The van der Waals surface area contributed by atoms with Crippen LogP contribution >= 0.6 is 24.0 Å². The summed E-state index contributed by atoms with van der Waals surface area (Å²) in [7, 11) is 1.72. The van der Waals surface area contributed by atoms with E-state index in [1.165, 1.54) is 6.26 Å². The topological polar surface area (TPSA) is 91.8 Å². The first-order valence-electron chi connectivity index (χ1n) is 8.65. The maximum Gasteiger partial charge on any atom is 0.291 e. The Morgan fingerprint density at radius 3 is 2.57 bits per heavy atom. The summed E-state index contributed by atoms with van der Waals surface area (Å²) in [4.78, 5) is 16.3. The van der Waals surface area contributed by atoms with Crippen LogP contribution in [0.3, 0.4) is 0 Å². The number of hydrogen-bond donors (Lipinski definition) is 3. The number of furan rings is 2. The number of rotatable bonds is 7. The number of aliphatic imine (C=N–C) groups is 1. The molecule has 0 atom stereocenters. The zero-order chi connectivity index (χ0) is 18.9. The van der Waals surface area contributed by atoms with Crippen molar-refractivity contribution < 1.29 is 13.6 Å². The van der Waals surface area contributed by atoms with Gasteiger partial charge < -0.3 is 24.8 Å². The van der Waals surface area contributed by atoms with Crippen LogP contribution in [0.25, 0.3) is 0 Å². The first-order valence-corrected chi connectivity index (χ1v) is 8.65. The van der Waals surface area contributed by atoms with E-state index in [1.54, 1.807) is 25.4 Å². The van der Waals surface area contributed by atoms with Crippen molar-refractivity contribution in [3.63, 3.8) is 0 Å². The number of halogens is 1. The Hall–Kier alpha value is -2.75. The Morgan fingerprint density at radius 2 is 1.86 bits per heavy atom. The van der Waals surface area contributed by atoms with E-state index in [0.29, 0.717) is 24.7 Å². The first-order chi connectivity index (χ1) is 13.2. The summed E-state index contributed by atoms with van der Waals surface area (Å²) in [5, 5.41) is 9.31. The van der Waals surface area contributed by atoms with E-state index < -0.39 is 0 Å². The molecule has 1 amide bonds. The van der Waals surface area contributed by atoms with Crippen LogP contribution < -0.4 is 16.0 Å². The molecule has 148 valence electrons. The van der Waals surface area contributed by atoms with Gasteiger partial charge in [0.1, 0.15) is 5.76 Å². The standard InChI is InChI=1S/C20H22N4O3.HI/c1-21-20(22-10-9-17-7-3-11-26-17)23-14-15-5-2-6-16(13-15)24-19(25)18-8-4-12-27-18;/h2-8,11-13H,9-10,14H2,1H3,(H,24,25)(H2,21,22,23);1H. The van der Waals surface area contributed by atoms with Gasteiger partial charge in [-0.15, -0.1) is 24.0 Å². The lowest BCUT2D eigenvalue weighted by Crippen LogP contribution is -2.37. The second kappa shape index (κ2) is 11.2. The molecule has 2 heterocycles. The Kier molecular flexibility index (Phi) is 8.60. The van der Waals surface area contributed by atoms with Crippen LogP contribution in [0, 0.1) is 0 Å². The van der Waals surface area contributed by atoms with Gasteiger partial charge in [-0.2, -0.15) is 0 Å². The fraction of sp³-hybridized carbons (Fsp3) is 0.200.